The zero-order valence-corrected chi connectivity index (χ0v) is 18.0. The van der Waals surface area contributed by atoms with E-state index in [1.54, 1.807) is 12.1 Å². The Morgan fingerprint density at radius 2 is 2.07 bits per heavy atom. The number of hydrogen-bond donors (Lipinski definition) is 1. The molecule has 30 heavy (non-hydrogen) atoms. The highest BCUT2D eigenvalue weighted by atomic mass is 32.2. The molecule has 0 radical (unpaired) electrons. The van der Waals surface area contributed by atoms with Crippen LogP contribution in [0.25, 0.3) is 11.5 Å². The van der Waals surface area contributed by atoms with E-state index < -0.39 is 10.0 Å². The van der Waals surface area contributed by atoms with Gasteiger partial charge in [-0.05, 0) is 32.3 Å². The van der Waals surface area contributed by atoms with Crippen molar-refractivity contribution in [3.63, 3.8) is 0 Å². The first-order valence-electron chi connectivity index (χ1n) is 9.42. The second-order valence-corrected chi connectivity index (χ2v) is 8.83. The number of benzene rings is 1. The van der Waals surface area contributed by atoms with Crippen molar-refractivity contribution >= 4 is 15.9 Å². The number of nitrogens with zero attached hydrogens (tertiary/aromatic N) is 4. The van der Waals surface area contributed by atoms with E-state index in [4.69, 9.17) is 13.9 Å². The molecule has 2 heterocycles. The first-order chi connectivity index (χ1) is 14.4. The molecule has 0 atom stereocenters. The van der Waals surface area contributed by atoms with E-state index in [-0.39, 0.29) is 41.2 Å². The molecule has 0 spiro atoms. The van der Waals surface area contributed by atoms with Gasteiger partial charge in [-0.3, -0.25) is 0 Å². The SMILES string of the molecule is COc1ccc(-c2nc(C#N)c(NCCN(C)C)o2)cc1S(=O)(=O)N1CCOCC1. The van der Waals surface area contributed by atoms with Crippen LogP contribution in [0.4, 0.5) is 5.88 Å². The van der Waals surface area contributed by atoms with Gasteiger partial charge in [0.25, 0.3) is 0 Å². The van der Waals surface area contributed by atoms with Gasteiger partial charge in [-0.1, -0.05) is 0 Å². The predicted molar refractivity (Wildman–Crippen MR) is 110 cm³/mol. The molecule has 1 aromatic heterocycles. The van der Waals surface area contributed by atoms with Gasteiger partial charge in [-0.15, -0.1) is 0 Å². The van der Waals surface area contributed by atoms with Gasteiger partial charge in [0.1, 0.15) is 16.7 Å². The molecule has 1 saturated heterocycles. The maximum Gasteiger partial charge on any atom is 0.246 e. The summed E-state index contributed by atoms with van der Waals surface area (Å²) in [7, 11) is 1.49. The van der Waals surface area contributed by atoms with Crippen LogP contribution >= 0.6 is 0 Å². The summed E-state index contributed by atoms with van der Waals surface area (Å²) in [6.07, 6.45) is 0. The molecular weight excluding hydrogens is 410 g/mol. The monoisotopic (exact) mass is 435 g/mol. The lowest BCUT2D eigenvalue weighted by molar-refractivity contribution is 0.0729. The number of ether oxygens (including phenoxy) is 2. The van der Waals surface area contributed by atoms with Gasteiger partial charge in [0, 0.05) is 31.7 Å². The van der Waals surface area contributed by atoms with Crippen molar-refractivity contribution in [2.45, 2.75) is 4.90 Å². The van der Waals surface area contributed by atoms with Crippen molar-refractivity contribution in [1.82, 2.24) is 14.2 Å². The predicted octanol–water partition coefficient (Wildman–Crippen LogP) is 1.22. The fourth-order valence-corrected chi connectivity index (χ4v) is 4.56. The maximum atomic E-state index is 13.2. The number of morpholine rings is 1. The third-order valence-electron chi connectivity index (χ3n) is 4.58. The summed E-state index contributed by atoms with van der Waals surface area (Å²) in [5.41, 5.74) is 0.539. The summed E-state index contributed by atoms with van der Waals surface area (Å²) in [5.74, 6) is 0.629. The number of likely N-dealkylation sites (N-methyl/N-ethyl adjacent to an activating group) is 1. The number of hydrogen-bond acceptors (Lipinski definition) is 9. The van der Waals surface area contributed by atoms with Gasteiger partial charge >= 0.3 is 0 Å². The maximum absolute atomic E-state index is 13.2. The minimum Gasteiger partial charge on any atom is -0.495 e. The molecule has 1 fully saturated rings. The highest BCUT2D eigenvalue weighted by Gasteiger charge is 2.30. The molecule has 0 saturated carbocycles. The Morgan fingerprint density at radius 1 is 1.33 bits per heavy atom. The van der Waals surface area contributed by atoms with Crippen molar-refractivity contribution in [1.29, 1.82) is 5.26 Å². The lowest BCUT2D eigenvalue weighted by Crippen LogP contribution is -2.40. The molecule has 1 aliphatic rings. The Hall–Kier alpha value is -2.65. The van der Waals surface area contributed by atoms with Gasteiger partial charge < -0.3 is 24.1 Å². The number of aromatic nitrogens is 1. The smallest absolute Gasteiger partial charge is 0.246 e. The summed E-state index contributed by atoms with van der Waals surface area (Å²) in [4.78, 5) is 6.22. The van der Waals surface area contributed by atoms with Crippen LogP contribution in [0.3, 0.4) is 0 Å². The van der Waals surface area contributed by atoms with Gasteiger partial charge in [-0.25, -0.2) is 8.42 Å². The van der Waals surface area contributed by atoms with Crippen LogP contribution < -0.4 is 10.1 Å². The molecular formula is C19H25N5O5S. The van der Waals surface area contributed by atoms with Crippen LogP contribution in [0, 0.1) is 11.3 Å². The number of anilines is 1. The summed E-state index contributed by atoms with van der Waals surface area (Å²) < 4.78 is 43.9. The topological polar surface area (TPSA) is 121 Å². The van der Waals surface area contributed by atoms with Gasteiger partial charge in [0.05, 0.1) is 20.3 Å². The first-order valence-corrected chi connectivity index (χ1v) is 10.9. The number of nitriles is 1. The third-order valence-corrected chi connectivity index (χ3v) is 6.50. The van der Waals surface area contributed by atoms with Gasteiger partial charge in [-0.2, -0.15) is 14.6 Å². The van der Waals surface area contributed by atoms with Crippen molar-refractivity contribution in [2.24, 2.45) is 0 Å². The number of oxazole rings is 1. The Kier molecular flexibility index (Phi) is 6.94. The van der Waals surface area contributed by atoms with E-state index in [2.05, 4.69) is 10.3 Å². The Bertz CT molecular complexity index is 1020. The van der Waals surface area contributed by atoms with Crippen LogP contribution in [0.1, 0.15) is 5.69 Å². The molecule has 1 aromatic carbocycles. The minimum absolute atomic E-state index is 0.0169. The van der Waals surface area contributed by atoms with Crippen molar-refractivity contribution < 1.29 is 22.3 Å². The Labute approximate surface area is 176 Å². The molecule has 0 amide bonds. The zero-order chi connectivity index (χ0) is 21.7. The Morgan fingerprint density at radius 3 is 2.70 bits per heavy atom. The van der Waals surface area contributed by atoms with Crippen molar-refractivity contribution in [3.8, 4) is 23.3 Å². The third kappa shape index (κ3) is 4.73. The van der Waals surface area contributed by atoms with E-state index in [9.17, 15) is 13.7 Å². The second kappa shape index (κ2) is 9.44. The van der Waals surface area contributed by atoms with Crippen LogP contribution in [0.2, 0.25) is 0 Å². The Balaban J connectivity index is 1.95. The van der Waals surface area contributed by atoms with Crippen LogP contribution in [-0.2, 0) is 14.8 Å². The molecule has 0 aliphatic carbocycles. The molecule has 11 heteroatoms. The van der Waals surface area contributed by atoms with Crippen molar-refractivity contribution in [2.75, 3.05) is 65.9 Å². The molecule has 162 valence electrons. The summed E-state index contributed by atoms with van der Waals surface area (Å²) >= 11 is 0. The van der Waals surface area contributed by atoms with E-state index in [0.717, 1.165) is 6.54 Å². The lowest BCUT2D eigenvalue weighted by Gasteiger charge is -2.26. The van der Waals surface area contributed by atoms with Crippen LogP contribution in [0.5, 0.6) is 5.75 Å². The average Bonchev–Trinajstić information content (AvgIpc) is 3.16. The second-order valence-electron chi connectivity index (χ2n) is 6.92. The zero-order valence-electron chi connectivity index (χ0n) is 17.2. The average molecular weight is 436 g/mol. The minimum atomic E-state index is -3.80. The number of nitrogens with one attached hydrogen (secondary N) is 1. The van der Waals surface area contributed by atoms with Crippen LogP contribution in [-0.4, -0.2) is 83.2 Å². The van der Waals surface area contributed by atoms with E-state index in [1.165, 1.54) is 17.5 Å². The van der Waals surface area contributed by atoms with Crippen molar-refractivity contribution in [3.05, 3.63) is 23.9 Å². The molecule has 0 unspecified atom stereocenters. The first kappa shape index (κ1) is 22.0. The number of sulfonamides is 1. The largest absolute Gasteiger partial charge is 0.495 e. The normalized spacial score (nSPS) is 15.2. The fourth-order valence-electron chi connectivity index (χ4n) is 2.97. The molecule has 1 N–H and O–H groups in total. The summed E-state index contributed by atoms with van der Waals surface area (Å²) in [5, 5.41) is 12.4. The molecule has 10 nitrogen and oxygen atoms in total. The molecule has 1 aliphatic heterocycles. The molecule has 0 bridgehead atoms. The molecule has 3 rings (SSSR count). The van der Waals surface area contributed by atoms with E-state index in [1.807, 2.05) is 25.1 Å². The standard InChI is InChI=1S/C19H25N5O5S/c1-23(2)7-6-21-19-15(13-20)22-18(29-19)14-4-5-16(27-3)17(12-14)30(25,26)24-8-10-28-11-9-24/h4-5,12,21H,6-11H2,1-3H3. The summed E-state index contributed by atoms with van der Waals surface area (Å²) in [6, 6.07) is 6.66. The van der Waals surface area contributed by atoms with E-state index in [0.29, 0.717) is 25.3 Å². The highest BCUT2D eigenvalue weighted by molar-refractivity contribution is 7.89. The van der Waals surface area contributed by atoms with Crippen LogP contribution in [0.15, 0.2) is 27.5 Å². The number of rotatable bonds is 8. The fraction of sp³-hybridized carbons (Fsp3) is 0.474. The quantitative estimate of drug-likeness (QED) is 0.652. The summed E-state index contributed by atoms with van der Waals surface area (Å²) in [6.45, 7) is 2.53. The van der Waals surface area contributed by atoms with Gasteiger partial charge in [0.15, 0.2) is 0 Å². The number of methoxy groups -OCH3 is 1. The van der Waals surface area contributed by atoms with Gasteiger partial charge in [0.2, 0.25) is 27.5 Å². The molecule has 2 aromatic rings. The highest BCUT2D eigenvalue weighted by Crippen LogP contribution is 2.33. The van der Waals surface area contributed by atoms with E-state index >= 15 is 0 Å². The lowest BCUT2D eigenvalue weighted by atomic mass is 10.2.